The molecule has 3 aromatic rings. The number of thioether (sulfide) groups is 1. The van der Waals surface area contributed by atoms with Gasteiger partial charge in [0.05, 0.1) is 29.4 Å². The van der Waals surface area contributed by atoms with Crippen LogP contribution in [0.2, 0.25) is 0 Å². The van der Waals surface area contributed by atoms with Crippen LogP contribution in [0.1, 0.15) is 16.1 Å². The first-order valence-electron chi connectivity index (χ1n) is 11.2. The number of amides is 1. The van der Waals surface area contributed by atoms with Crippen LogP contribution in [0.4, 0.5) is 11.4 Å². The number of amidine groups is 1. The number of ether oxygens (including phenoxy) is 1. The third-order valence-electron chi connectivity index (χ3n) is 5.91. The predicted molar refractivity (Wildman–Crippen MR) is 138 cm³/mol. The molecule has 2 saturated heterocycles. The minimum Gasteiger partial charge on any atom is -0.478 e. The number of aromatic carboxylic acids is 1. The maximum Gasteiger partial charge on any atom is 0.335 e. The fourth-order valence-corrected chi connectivity index (χ4v) is 4.94. The summed E-state index contributed by atoms with van der Waals surface area (Å²) >= 11 is 1.33. The summed E-state index contributed by atoms with van der Waals surface area (Å²) < 4.78 is 7.33. The Morgan fingerprint density at radius 3 is 2.40 bits per heavy atom. The van der Waals surface area contributed by atoms with Gasteiger partial charge in [-0.05, 0) is 78.5 Å². The highest BCUT2D eigenvalue weighted by atomic mass is 32.2. The lowest BCUT2D eigenvalue weighted by Crippen LogP contribution is -2.36. The lowest BCUT2D eigenvalue weighted by Gasteiger charge is -2.28. The second kappa shape index (κ2) is 9.81. The molecule has 0 radical (unpaired) electrons. The van der Waals surface area contributed by atoms with Crippen LogP contribution in [0.25, 0.3) is 11.8 Å². The van der Waals surface area contributed by atoms with Crippen LogP contribution < -0.4 is 4.90 Å². The number of carbonyl (C=O) groups excluding carboxylic acids is 1. The molecule has 1 amide bonds. The summed E-state index contributed by atoms with van der Waals surface area (Å²) in [7, 11) is 1.72. The zero-order chi connectivity index (χ0) is 24.4. The second-order valence-electron chi connectivity index (χ2n) is 8.14. The quantitative estimate of drug-likeness (QED) is 0.541. The number of nitrogens with zero attached hydrogens (tertiary/aromatic N) is 4. The van der Waals surface area contributed by atoms with Gasteiger partial charge in [-0.1, -0.05) is 0 Å². The number of benzene rings is 2. The Kier molecular flexibility index (Phi) is 6.43. The highest BCUT2D eigenvalue weighted by molar-refractivity contribution is 8.18. The number of aromatic nitrogens is 1. The molecule has 178 valence electrons. The third-order valence-corrected chi connectivity index (χ3v) is 6.97. The summed E-state index contributed by atoms with van der Waals surface area (Å²) in [5.74, 6) is -1.09. The lowest BCUT2D eigenvalue weighted by atomic mass is 10.2. The van der Waals surface area contributed by atoms with Gasteiger partial charge in [0.15, 0.2) is 5.17 Å². The first-order valence-corrected chi connectivity index (χ1v) is 12.0. The summed E-state index contributed by atoms with van der Waals surface area (Å²) in [5, 5.41) is 9.74. The van der Waals surface area contributed by atoms with E-state index in [1.165, 1.54) is 11.8 Å². The van der Waals surface area contributed by atoms with Crippen molar-refractivity contribution in [3.63, 3.8) is 0 Å². The number of carboxylic acids is 1. The molecule has 0 saturated carbocycles. The van der Waals surface area contributed by atoms with E-state index < -0.39 is 5.97 Å². The number of carbonyl (C=O) groups is 2. The number of hydrogen-bond acceptors (Lipinski definition) is 6. The summed E-state index contributed by atoms with van der Waals surface area (Å²) in [6.45, 7) is 3.22. The van der Waals surface area contributed by atoms with Crippen LogP contribution in [-0.2, 0) is 9.53 Å². The fourth-order valence-electron chi connectivity index (χ4n) is 3.97. The molecule has 3 heterocycles. The molecule has 1 aromatic heterocycles. The number of rotatable bonds is 5. The number of likely N-dealkylation sites (N-methyl/N-ethyl adjacent to an activating group) is 1. The number of morpholine rings is 1. The van der Waals surface area contributed by atoms with Crippen molar-refractivity contribution < 1.29 is 19.4 Å². The zero-order valence-electron chi connectivity index (χ0n) is 19.1. The molecule has 35 heavy (non-hydrogen) atoms. The topological polar surface area (TPSA) is 87.4 Å². The Balaban J connectivity index is 1.35. The summed E-state index contributed by atoms with van der Waals surface area (Å²) in [6, 6.07) is 18.4. The fraction of sp³-hybridized carbons (Fsp3) is 0.192. The average Bonchev–Trinajstić information content (AvgIpc) is 3.45. The van der Waals surface area contributed by atoms with Crippen molar-refractivity contribution in [2.75, 3.05) is 38.3 Å². The van der Waals surface area contributed by atoms with E-state index >= 15 is 0 Å². The van der Waals surface area contributed by atoms with Gasteiger partial charge in [0.2, 0.25) is 0 Å². The summed E-state index contributed by atoms with van der Waals surface area (Å²) in [6.07, 6.45) is 3.71. The minimum atomic E-state index is -0.968. The van der Waals surface area contributed by atoms with Crippen molar-refractivity contribution in [1.82, 2.24) is 9.47 Å². The molecule has 2 fully saturated rings. The van der Waals surface area contributed by atoms with Crippen LogP contribution >= 0.6 is 11.8 Å². The highest BCUT2D eigenvalue weighted by Gasteiger charge is 2.30. The van der Waals surface area contributed by atoms with Gasteiger partial charge < -0.3 is 19.3 Å². The van der Waals surface area contributed by atoms with Crippen molar-refractivity contribution in [1.29, 1.82) is 0 Å². The summed E-state index contributed by atoms with van der Waals surface area (Å²) in [4.78, 5) is 33.2. The predicted octanol–water partition coefficient (Wildman–Crippen LogP) is 4.25. The van der Waals surface area contributed by atoms with Crippen LogP contribution in [0, 0.1) is 0 Å². The Morgan fingerprint density at radius 1 is 1.03 bits per heavy atom. The van der Waals surface area contributed by atoms with Crippen molar-refractivity contribution >= 4 is 46.3 Å². The second-order valence-corrected chi connectivity index (χ2v) is 9.15. The maximum atomic E-state index is 12.9. The maximum absolute atomic E-state index is 12.9. The molecular formula is C26H24N4O4S. The van der Waals surface area contributed by atoms with Gasteiger partial charge >= 0.3 is 5.97 Å². The van der Waals surface area contributed by atoms with Gasteiger partial charge in [0.1, 0.15) is 0 Å². The number of carboxylic acid groups (broad SMARTS) is 1. The normalized spacial score (nSPS) is 18.6. The summed E-state index contributed by atoms with van der Waals surface area (Å²) in [5.41, 5.74) is 3.77. The van der Waals surface area contributed by atoms with E-state index in [4.69, 9.17) is 14.8 Å². The van der Waals surface area contributed by atoms with Crippen LogP contribution in [0.15, 0.2) is 76.8 Å². The van der Waals surface area contributed by atoms with Gasteiger partial charge in [0, 0.05) is 43.4 Å². The van der Waals surface area contributed by atoms with Crippen LogP contribution in [-0.4, -0.2) is 65.0 Å². The molecule has 2 aliphatic rings. The molecule has 0 unspecified atom stereocenters. The Bertz CT molecular complexity index is 1310. The molecule has 0 spiro atoms. The zero-order valence-corrected chi connectivity index (χ0v) is 19.9. The Morgan fingerprint density at radius 2 is 1.71 bits per heavy atom. The van der Waals surface area contributed by atoms with Gasteiger partial charge in [-0.25, -0.2) is 9.79 Å². The van der Waals surface area contributed by atoms with Crippen LogP contribution in [0.5, 0.6) is 0 Å². The largest absolute Gasteiger partial charge is 0.478 e. The van der Waals surface area contributed by atoms with Crippen molar-refractivity contribution in [3.05, 3.63) is 83.0 Å². The van der Waals surface area contributed by atoms with E-state index in [2.05, 4.69) is 4.90 Å². The average molecular weight is 489 g/mol. The molecule has 5 rings (SSSR count). The Labute approximate surface area is 207 Å². The highest BCUT2D eigenvalue weighted by Crippen LogP contribution is 2.34. The SMILES string of the molecule is CN1C(=O)/C(=C\c2cccn2-c2ccc(C(=O)O)cc2)SC1=Nc1ccc(N2CCOCC2)cc1. The molecule has 2 aliphatic heterocycles. The molecular weight excluding hydrogens is 464 g/mol. The van der Waals surface area contributed by atoms with E-state index in [1.54, 1.807) is 36.2 Å². The minimum absolute atomic E-state index is 0.118. The first kappa shape index (κ1) is 22.9. The smallest absolute Gasteiger partial charge is 0.335 e. The molecule has 8 nitrogen and oxygen atoms in total. The van der Waals surface area contributed by atoms with E-state index in [1.807, 2.05) is 53.2 Å². The monoisotopic (exact) mass is 488 g/mol. The van der Waals surface area contributed by atoms with Crippen molar-refractivity contribution in [3.8, 4) is 5.69 Å². The van der Waals surface area contributed by atoms with E-state index in [0.717, 1.165) is 49.1 Å². The molecule has 0 aliphatic carbocycles. The van der Waals surface area contributed by atoms with E-state index in [-0.39, 0.29) is 11.5 Å². The molecule has 0 bridgehead atoms. The number of hydrogen-bond donors (Lipinski definition) is 1. The molecule has 1 N–H and O–H groups in total. The van der Waals surface area contributed by atoms with E-state index in [9.17, 15) is 9.59 Å². The standard InChI is InChI=1S/C26H24N4O4S/c1-28-24(31)23(17-22-3-2-12-30(22)21-8-4-18(5-9-21)25(32)33)35-26(28)27-19-6-10-20(11-7-19)29-13-15-34-16-14-29/h2-12,17H,13-16H2,1H3,(H,32,33)/b23-17+,27-26?. The van der Waals surface area contributed by atoms with E-state index in [0.29, 0.717) is 10.1 Å². The number of anilines is 1. The lowest BCUT2D eigenvalue weighted by molar-refractivity contribution is -0.121. The van der Waals surface area contributed by atoms with Crippen LogP contribution in [0.3, 0.4) is 0 Å². The van der Waals surface area contributed by atoms with Gasteiger partial charge in [-0.15, -0.1) is 0 Å². The van der Waals surface area contributed by atoms with Crippen molar-refractivity contribution in [2.24, 2.45) is 4.99 Å². The third kappa shape index (κ3) is 4.87. The molecule has 0 atom stereocenters. The van der Waals surface area contributed by atoms with Gasteiger partial charge in [0.25, 0.3) is 5.91 Å². The molecule has 9 heteroatoms. The number of aliphatic imine (C=N–C) groups is 1. The van der Waals surface area contributed by atoms with Gasteiger partial charge in [-0.2, -0.15) is 0 Å². The van der Waals surface area contributed by atoms with Crippen molar-refractivity contribution in [2.45, 2.75) is 0 Å². The Hall–Kier alpha value is -3.82. The first-order chi connectivity index (χ1) is 17.0. The van der Waals surface area contributed by atoms with Gasteiger partial charge in [-0.3, -0.25) is 9.69 Å². The molecule has 2 aromatic carbocycles.